The Balaban J connectivity index is 1.50. The first-order chi connectivity index (χ1) is 13.5. The van der Waals surface area contributed by atoms with E-state index in [2.05, 4.69) is 48.3 Å². The Morgan fingerprint density at radius 1 is 1.14 bits per heavy atom. The van der Waals surface area contributed by atoms with E-state index < -0.39 is 0 Å². The van der Waals surface area contributed by atoms with Crippen molar-refractivity contribution in [3.63, 3.8) is 0 Å². The number of rotatable bonds is 2. The van der Waals surface area contributed by atoms with Crippen LogP contribution in [0.4, 0.5) is 4.39 Å². The molecule has 5 rings (SSSR count). The molecular formula is C24H29FN2O. The smallest absolute Gasteiger partial charge is 0.123 e. The Bertz CT molecular complexity index is 947. The molecule has 1 fully saturated rings. The highest BCUT2D eigenvalue weighted by molar-refractivity contribution is 5.85. The van der Waals surface area contributed by atoms with Crippen LogP contribution in [0.5, 0.6) is 0 Å². The van der Waals surface area contributed by atoms with Crippen molar-refractivity contribution in [1.29, 1.82) is 0 Å². The van der Waals surface area contributed by atoms with Gasteiger partial charge in [0.25, 0.3) is 0 Å². The quantitative estimate of drug-likeness (QED) is 0.787. The van der Waals surface area contributed by atoms with E-state index in [0.29, 0.717) is 5.92 Å². The van der Waals surface area contributed by atoms with Gasteiger partial charge < -0.3 is 14.6 Å². The van der Waals surface area contributed by atoms with E-state index in [1.165, 1.54) is 11.3 Å². The highest BCUT2D eigenvalue weighted by Gasteiger charge is 2.50. The molecule has 0 radical (unpaired) electrons. The summed E-state index contributed by atoms with van der Waals surface area (Å²) in [7, 11) is 4.45. The van der Waals surface area contributed by atoms with Crippen LogP contribution in [0, 0.1) is 11.7 Å². The number of allylic oxidation sites excluding steroid dienone is 3. The zero-order chi connectivity index (χ0) is 19.4. The Kier molecular flexibility index (Phi) is 4.25. The van der Waals surface area contributed by atoms with Crippen molar-refractivity contribution in [3.8, 4) is 0 Å². The maximum absolute atomic E-state index is 13.9. The molecule has 1 aromatic carbocycles. The number of aromatic nitrogens is 1. The van der Waals surface area contributed by atoms with E-state index >= 15 is 0 Å². The lowest BCUT2D eigenvalue weighted by Gasteiger charge is -2.53. The van der Waals surface area contributed by atoms with Crippen LogP contribution < -0.4 is 0 Å². The van der Waals surface area contributed by atoms with Gasteiger partial charge >= 0.3 is 0 Å². The van der Waals surface area contributed by atoms with Crippen molar-refractivity contribution in [3.05, 3.63) is 59.6 Å². The van der Waals surface area contributed by atoms with Gasteiger partial charge in [-0.15, -0.1) is 0 Å². The monoisotopic (exact) mass is 380 g/mol. The van der Waals surface area contributed by atoms with Crippen molar-refractivity contribution in [1.82, 2.24) is 9.88 Å². The Morgan fingerprint density at radius 3 is 2.68 bits per heavy atom. The molecule has 1 atom stereocenters. The number of H-pyrrole nitrogens is 1. The Hall–Kier alpha value is -1.91. The molecule has 1 N–H and O–H groups in total. The first-order valence-electron chi connectivity index (χ1n) is 10.5. The van der Waals surface area contributed by atoms with Gasteiger partial charge in [0.15, 0.2) is 0 Å². The first kappa shape index (κ1) is 18.1. The summed E-state index contributed by atoms with van der Waals surface area (Å²) in [6.45, 7) is 0.720. The van der Waals surface area contributed by atoms with E-state index in [4.69, 9.17) is 4.74 Å². The molecule has 3 aliphatic rings. The van der Waals surface area contributed by atoms with Crippen molar-refractivity contribution >= 4 is 10.9 Å². The number of benzene rings is 1. The summed E-state index contributed by atoms with van der Waals surface area (Å²) in [6, 6.07) is 5.08. The maximum atomic E-state index is 13.9. The molecule has 1 saturated carbocycles. The molecule has 0 amide bonds. The van der Waals surface area contributed by atoms with E-state index in [0.717, 1.165) is 56.0 Å². The molecule has 1 spiro atoms. The summed E-state index contributed by atoms with van der Waals surface area (Å²) in [4.78, 5) is 6.05. The molecule has 2 aliphatic carbocycles. The molecule has 0 saturated heterocycles. The Morgan fingerprint density at radius 2 is 1.96 bits per heavy atom. The van der Waals surface area contributed by atoms with Crippen LogP contribution in [0.25, 0.3) is 10.9 Å². The summed E-state index contributed by atoms with van der Waals surface area (Å²) in [5, 5.41) is 1.03. The topological polar surface area (TPSA) is 28.3 Å². The normalized spacial score (nSPS) is 32.4. The van der Waals surface area contributed by atoms with Gasteiger partial charge in [-0.05, 0) is 82.3 Å². The van der Waals surface area contributed by atoms with E-state index in [1.807, 2.05) is 6.07 Å². The molecule has 2 heterocycles. The van der Waals surface area contributed by atoms with Crippen LogP contribution in [0.15, 0.2) is 42.5 Å². The molecule has 1 aliphatic heterocycles. The third-order valence-electron chi connectivity index (χ3n) is 7.54. The minimum atomic E-state index is -0.253. The second-order valence-corrected chi connectivity index (χ2v) is 8.91. The van der Waals surface area contributed by atoms with Gasteiger partial charge in [-0.3, -0.25) is 0 Å². The van der Waals surface area contributed by atoms with Gasteiger partial charge in [0, 0.05) is 16.4 Å². The molecule has 1 aromatic heterocycles. The number of halogens is 1. The highest BCUT2D eigenvalue weighted by atomic mass is 19.1. The second kappa shape index (κ2) is 6.57. The predicted octanol–water partition coefficient (Wildman–Crippen LogP) is 5.08. The fraction of sp³-hybridized carbons (Fsp3) is 0.500. The lowest BCUT2D eigenvalue weighted by atomic mass is 9.64. The second-order valence-electron chi connectivity index (χ2n) is 8.91. The zero-order valence-corrected chi connectivity index (χ0v) is 16.8. The average Bonchev–Trinajstić information content (AvgIpc) is 3.09. The van der Waals surface area contributed by atoms with Crippen LogP contribution in [-0.4, -0.2) is 36.1 Å². The van der Waals surface area contributed by atoms with Gasteiger partial charge in [-0.2, -0.15) is 0 Å². The minimum absolute atomic E-state index is 0.165. The number of ether oxygens (including phenoxy) is 1. The molecule has 4 heteroatoms. The average molecular weight is 381 g/mol. The number of hydrogen-bond acceptors (Lipinski definition) is 2. The first-order valence-corrected chi connectivity index (χ1v) is 10.5. The fourth-order valence-electron chi connectivity index (χ4n) is 5.90. The van der Waals surface area contributed by atoms with Crippen molar-refractivity contribution in [2.75, 3.05) is 20.7 Å². The lowest BCUT2D eigenvalue weighted by Crippen LogP contribution is -2.55. The van der Waals surface area contributed by atoms with Crippen molar-refractivity contribution < 1.29 is 9.13 Å². The summed E-state index contributed by atoms with van der Waals surface area (Å²) in [5.41, 5.74) is 3.41. The number of hydrogen-bond donors (Lipinski definition) is 1. The highest BCUT2D eigenvalue weighted by Crippen LogP contribution is 2.52. The SMILES string of the molecule is CN(C)C1(C2C=CC=CC2)CCC2(CC1)OCCc1c2[nH]c2ccc(F)cc12. The number of aromatic amines is 1. The molecule has 0 bridgehead atoms. The third-order valence-corrected chi connectivity index (χ3v) is 7.54. The molecule has 148 valence electrons. The van der Waals surface area contributed by atoms with Crippen LogP contribution in [0.1, 0.15) is 43.4 Å². The fourth-order valence-corrected chi connectivity index (χ4v) is 5.90. The van der Waals surface area contributed by atoms with Gasteiger partial charge in [0.2, 0.25) is 0 Å². The van der Waals surface area contributed by atoms with Gasteiger partial charge in [0.1, 0.15) is 11.4 Å². The van der Waals surface area contributed by atoms with Crippen molar-refractivity contribution in [2.24, 2.45) is 5.92 Å². The predicted molar refractivity (Wildman–Crippen MR) is 111 cm³/mol. The number of nitrogens with one attached hydrogen (secondary N) is 1. The van der Waals surface area contributed by atoms with Crippen LogP contribution in [-0.2, 0) is 16.8 Å². The van der Waals surface area contributed by atoms with Crippen LogP contribution in [0.3, 0.4) is 0 Å². The zero-order valence-electron chi connectivity index (χ0n) is 16.8. The maximum Gasteiger partial charge on any atom is 0.123 e. The van der Waals surface area contributed by atoms with Crippen molar-refractivity contribution in [2.45, 2.75) is 49.7 Å². The van der Waals surface area contributed by atoms with E-state index in [1.54, 1.807) is 12.1 Å². The summed E-state index contributed by atoms with van der Waals surface area (Å²) in [5.74, 6) is 0.381. The van der Waals surface area contributed by atoms with Gasteiger partial charge in [-0.25, -0.2) is 4.39 Å². The summed E-state index contributed by atoms with van der Waals surface area (Å²) >= 11 is 0. The van der Waals surface area contributed by atoms with Gasteiger partial charge in [-0.1, -0.05) is 24.3 Å². The van der Waals surface area contributed by atoms with E-state index in [-0.39, 0.29) is 17.0 Å². The molecular weight excluding hydrogens is 351 g/mol. The standard InChI is InChI=1S/C24H29FN2O/c1-27(2)23(17-6-4-3-5-7-17)11-13-24(14-12-23)22-19(10-15-28-24)20-16-18(25)8-9-21(20)26-22/h3-6,8-9,16-17,26H,7,10-15H2,1-2H3. The third kappa shape index (κ3) is 2.61. The largest absolute Gasteiger partial charge is 0.368 e. The lowest BCUT2D eigenvalue weighted by molar-refractivity contribution is -0.118. The molecule has 3 nitrogen and oxygen atoms in total. The summed E-state index contributed by atoms with van der Waals surface area (Å²) < 4.78 is 20.3. The van der Waals surface area contributed by atoms with Crippen LogP contribution in [0.2, 0.25) is 0 Å². The number of fused-ring (bicyclic) bond motifs is 4. The molecule has 1 unspecified atom stereocenters. The number of nitrogens with zero attached hydrogens (tertiary/aromatic N) is 1. The molecule has 28 heavy (non-hydrogen) atoms. The van der Waals surface area contributed by atoms with Gasteiger partial charge in [0.05, 0.1) is 12.3 Å². The molecule has 2 aromatic rings. The Labute approximate surface area is 166 Å². The minimum Gasteiger partial charge on any atom is -0.368 e. The van der Waals surface area contributed by atoms with Crippen LogP contribution >= 0.6 is 0 Å². The summed E-state index contributed by atoms with van der Waals surface area (Å²) in [6.07, 6.45) is 15.2. The van der Waals surface area contributed by atoms with E-state index in [9.17, 15) is 4.39 Å².